The van der Waals surface area contributed by atoms with Gasteiger partial charge in [0.05, 0.1) is 6.54 Å². The maximum Gasteiger partial charge on any atom is 0.133 e. The number of aromatic nitrogens is 1. The van der Waals surface area contributed by atoms with Crippen LogP contribution in [0.1, 0.15) is 35.6 Å². The molecule has 3 heterocycles. The first-order valence-electron chi connectivity index (χ1n) is 7.70. The number of nitrogens with zero attached hydrogens (tertiary/aromatic N) is 2. The molecule has 0 spiro atoms. The summed E-state index contributed by atoms with van der Waals surface area (Å²) in [6.45, 7) is 7.85. The lowest BCUT2D eigenvalue weighted by Crippen LogP contribution is -2.23. The quantitative estimate of drug-likeness (QED) is 0.916. The minimum atomic E-state index is 0.751. The molecule has 0 unspecified atom stereocenters. The second kappa shape index (κ2) is 6.31. The van der Waals surface area contributed by atoms with Crippen molar-refractivity contribution >= 4 is 5.82 Å². The fourth-order valence-corrected chi connectivity index (χ4v) is 2.81. The van der Waals surface area contributed by atoms with E-state index in [1.165, 1.54) is 18.4 Å². The van der Waals surface area contributed by atoms with E-state index >= 15 is 0 Å². The van der Waals surface area contributed by atoms with E-state index < -0.39 is 0 Å². The number of hydrogen-bond acceptors (Lipinski definition) is 4. The third-order valence-electron chi connectivity index (χ3n) is 3.91. The first-order chi connectivity index (χ1) is 10.2. The summed E-state index contributed by atoms with van der Waals surface area (Å²) >= 11 is 0. The summed E-state index contributed by atoms with van der Waals surface area (Å²) in [6.07, 6.45) is 2.54. The lowest BCUT2D eigenvalue weighted by atomic mass is 10.2. The molecule has 0 amide bonds. The topological polar surface area (TPSA) is 41.3 Å². The molecular formula is C17H23N3O. The number of nitrogens with one attached hydrogen (secondary N) is 1. The van der Waals surface area contributed by atoms with Crippen molar-refractivity contribution < 1.29 is 4.42 Å². The maximum atomic E-state index is 5.58. The molecule has 112 valence electrons. The second-order valence-electron chi connectivity index (χ2n) is 5.75. The molecule has 0 radical (unpaired) electrons. The smallest absolute Gasteiger partial charge is 0.133 e. The molecule has 2 aromatic rings. The van der Waals surface area contributed by atoms with Crippen molar-refractivity contribution in [3.8, 4) is 0 Å². The Morgan fingerprint density at radius 3 is 2.62 bits per heavy atom. The van der Waals surface area contributed by atoms with E-state index in [0.29, 0.717) is 0 Å². The Labute approximate surface area is 126 Å². The molecule has 0 atom stereocenters. The van der Waals surface area contributed by atoms with Crippen molar-refractivity contribution in [3.05, 3.63) is 47.0 Å². The van der Waals surface area contributed by atoms with Gasteiger partial charge in [-0.1, -0.05) is 6.07 Å². The highest BCUT2D eigenvalue weighted by atomic mass is 16.3. The van der Waals surface area contributed by atoms with Crippen molar-refractivity contribution in [2.24, 2.45) is 0 Å². The van der Waals surface area contributed by atoms with Crippen LogP contribution in [0.25, 0.3) is 0 Å². The largest absolute Gasteiger partial charge is 0.465 e. The Kier molecular flexibility index (Phi) is 4.25. The summed E-state index contributed by atoms with van der Waals surface area (Å²) < 4.78 is 5.58. The highest BCUT2D eigenvalue weighted by molar-refractivity contribution is 5.48. The number of aryl methyl sites for hydroxylation is 2. The molecule has 1 aliphatic heterocycles. The number of anilines is 1. The first-order valence-corrected chi connectivity index (χ1v) is 7.70. The molecule has 0 aliphatic carbocycles. The summed E-state index contributed by atoms with van der Waals surface area (Å²) in [6, 6.07) is 8.31. The van der Waals surface area contributed by atoms with Crippen LogP contribution in [0.4, 0.5) is 5.82 Å². The van der Waals surface area contributed by atoms with Gasteiger partial charge in [0.2, 0.25) is 0 Å². The Bertz CT molecular complexity index is 600. The van der Waals surface area contributed by atoms with Gasteiger partial charge in [-0.25, -0.2) is 4.98 Å². The first kappa shape index (κ1) is 14.1. The van der Waals surface area contributed by atoms with E-state index in [-0.39, 0.29) is 0 Å². The lowest BCUT2D eigenvalue weighted by Gasteiger charge is -2.20. The number of pyridine rings is 1. The molecule has 21 heavy (non-hydrogen) atoms. The van der Waals surface area contributed by atoms with Gasteiger partial charge in [-0.3, -0.25) is 0 Å². The van der Waals surface area contributed by atoms with Crippen LogP contribution in [-0.4, -0.2) is 18.1 Å². The third-order valence-corrected chi connectivity index (χ3v) is 3.91. The molecule has 2 aromatic heterocycles. The predicted molar refractivity (Wildman–Crippen MR) is 84.4 cm³/mol. The Balaban J connectivity index is 1.66. The van der Waals surface area contributed by atoms with Gasteiger partial charge in [0.25, 0.3) is 0 Å². The number of furan rings is 1. The van der Waals surface area contributed by atoms with Crippen molar-refractivity contribution in [1.29, 1.82) is 0 Å². The minimum absolute atomic E-state index is 0.751. The van der Waals surface area contributed by atoms with Crippen LogP contribution < -0.4 is 10.2 Å². The zero-order valence-corrected chi connectivity index (χ0v) is 12.9. The second-order valence-corrected chi connectivity index (χ2v) is 5.75. The number of hydrogen-bond donors (Lipinski definition) is 1. The van der Waals surface area contributed by atoms with Crippen LogP contribution in [0.2, 0.25) is 0 Å². The highest BCUT2D eigenvalue weighted by Crippen LogP contribution is 2.23. The van der Waals surface area contributed by atoms with Crippen LogP contribution in [0.3, 0.4) is 0 Å². The highest BCUT2D eigenvalue weighted by Gasteiger charge is 2.17. The molecule has 4 heteroatoms. The van der Waals surface area contributed by atoms with Crippen molar-refractivity contribution in [2.75, 3.05) is 18.0 Å². The van der Waals surface area contributed by atoms with Crippen molar-refractivity contribution in [2.45, 2.75) is 39.8 Å². The lowest BCUT2D eigenvalue weighted by molar-refractivity contribution is 0.461. The standard InChI is InChI=1S/C17H23N3O/c1-13-5-7-15(17(19-13)20-9-3-4-10-20)11-18-12-16-8-6-14(2)21-16/h5-8,18H,3-4,9-12H2,1-2H3. The average Bonchev–Trinajstić information content (AvgIpc) is 3.12. The molecule has 0 saturated carbocycles. The zero-order valence-electron chi connectivity index (χ0n) is 12.9. The molecule has 4 nitrogen and oxygen atoms in total. The summed E-state index contributed by atoms with van der Waals surface area (Å²) in [5, 5.41) is 3.45. The van der Waals surface area contributed by atoms with Crippen LogP contribution in [0.15, 0.2) is 28.7 Å². The Morgan fingerprint density at radius 1 is 1.10 bits per heavy atom. The number of rotatable bonds is 5. The minimum Gasteiger partial charge on any atom is -0.465 e. The Morgan fingerprint density at radius 2 is 1.90 bits per heavy atom. The van der Waals surface area contributed by atoms with E-state index in [1.807, 2.05) is 19.1 Å². The van der Waals surface area contributed by atoms with E-state index in [1.54, 1.807) is 0 Å². The fourth-order valence-electron chi connectivity index (χ4n) is 2.81. The fraction of sp³-hybridized carbons (Fsp3) is 0.471. The van der Waals surface area contributed by atoms with E-state index in [9.17, 15) is 0 Å². The van der Waals surface area contributed by atoms with E-state index in [0.717, 1.165) is 49.2 Å². The van der Waals surface area contributed by atoms with Gasteiger partial charge in [-0.05, 0) is 44.9 Å². The van der Waals surface area contributed by atoms with Crippen LogP contribution >= 0.6 is 0 Å². The van der Waals surface area contributed by atoms with Gasteiger partial charge in [0.1, 0.15) is 17.3 Å². The monoisotopic (exact) mass is 285 g/mol. The van der Waals surface area contributed by atoms with Gasteiger partial charge < -0.3 is 14.6 Å². The molecule has 1 aliphatic rings. The summed E-state index contributed by atoms with van der Waals surface area (Å²) in [5.74, 6) is 3.09. The van der Waals surface area contributed by atoms with Crippen LogP contribution in [0, 0.1) is 13.8 Å². The van der Waals surface area contributed by atoms with Gasteiger partial charge in [-0.15, -0.1) is 0 Å². The van der Waals surface area contributed by atoms with Crippen molar-refractivity contribution in [1.82, 2.24) is 10.3 Å². The predicted octanol–water partition coefficient (Wildman–Crippen LogP) is 3.18. The zero-order chi connectivity index (χ0) is 14.7. The van der Waals surface area contributed by atoms with Crippen molar-refractivity contribution in [3.63, 3.8) is 0 Å². The average molecular weight is 285 g/mol. The molecule has 0 bridgehead atoms. The van der Waals surface area contributed by atoms with E-state index in [2.05, 4.69) is 29.3 Å². The van der Waals surface area contributed by atoms with Gasteiger partial charge in [0, 0.05) is 30.9 Å². The molecule has 3 rings (SSSR count). The van der Waals surface area contributed by atoms with Crippen LogP contribution in [0.5, 0.6) is 0 Å². The van der Waals surface area contributed by atoms with Gasteiger partial charge in [-0.2, -0.15) is 0 Å². The van der Waals surface area contributed by atoms with E-state index in [4.69, 9.17) is 9.40 Å². The summed E-state index contributed by atoms with van der Waals surface area (Å²) in [5.41, 5.74) is 2.35. The normalized spacial score (nSPS) is 14.9. The SMILES string of the molecule is Cc1ccc(CNCc2ccc(C)o2)c(N2CCCC2)n1. The Hall–Kier alpha value is -1.81. The summed E-state index contributed by atoms with van der Waals surface area (Å²) in [7, 11) is 0. The van der Waals surface area contributed by atoms with Crippen LogP contribution in [-0.2, 0) is 13.1 Å². The third kappa shape index (κ3) is 3.45. The molecule has 1 N–H and O–H groups in total. The summed E-state index contributed by atoms with van der Waals surface area (Å²) in [4.78, 5) is 7.15. The molecular weight excluding hydrogens is 262 g/mol. The molecule has 0 aromatic carbocycles. The maximum absolute atomic E-state index is 5.58. The van der Waals surface area contributed by atoms with Gasteiger partial charge >= 0.3 is 0 Å². The molecule has 1 saturated heterocycles. The molecule has 1 fully saturated rings. The van der Waals surface area contributed by atoms with Gasteiger partial charge in [0.15, 0.2) is 0 Å².